The van der Waals surface area contributed by atoms with Gasteiger partial charge in [-0.15, -0.1) is 11.8 Å². The van der Waals surface area contributed by atoms with Crippen molar-refractivity contribution in [2.24, 2.45) is 0 Å². The third-order valence-corrected chi connectivity index (χ3v) is 8.65. The quantitative estimate of drug-likeness (QED) is 0.0623. The van der Waals surface area contributed by atoms with E-state index in [1.165, 1.54) is 11.8 Å². The normalized spacial score (nSPS) is 11.7. The second kappa shape index (κ2) is 17.5. The van der Waals surface area contributed by atoms with Crippen LogP contribution in [0, 0.1) is 0 Å². The molecule has 7 nitrogen and oxygen atoms in total. The van der Waals surface area contributed by atoms with Crippen LogP contribution in [0.2, 0.25) is 0 Å². The molecule has 5 aromatic rings. The van der Waals surface area contributed by atoms with Gasteiger partial charge in [0.05, 0.1) is 11.9 Å². The highest BCUT2D eigenvalue weighted by atomic mass is 32.2. The van der Waals surface area contributed by atoms with Gasteiger partial charge in [-0.05, 0) is 96.8 Å². The average Bonchev–Trinajstić information content (AvgIpc) is 3.14. The van der Waals surface area contributed by atoms with Crippen LogP contribution in [0.3, 0.4) is 0 Å². The van der Waals surface area contributed by atoms with Crippen LogP contribution in [0.15, 0.2) is 144 Å². The van der Waals surface area contributed by atoms with Crippen molar-refractivity contribution in [2.75, 3.05) is 17.2 Å². The number of amides is 3. The van der Waals surface area contributed by atoms with Crippen LogP contribution in [0.4, 0.5) is 11.4 Å². The third-order valence-electron chi connectivity index (χ3n) is 7.54. The van der Waals surface area contributed by atoms with Crippen molar-refractivity contribution in [3.8, 4) is 16.9 Å². The van der Waals surface area contributed by atoms with Crippen molar-refractivity contribution < 1.29 is 19.1 Å². The molecule has 5 rings (SSSR count). The third kappa shape index (κ3) is 10.4. The number of nitrogens with one attached hydrogen (secondary N) is 3. The zero-order chi connectivity index (χ0) is 34.4. The fourth-order valence-electron chi connectivity index (χ4n) is 4.80. The lowest BCUT2D eigenvalue weighted by Crippen LogP contribution is -2.30. The van der Waals surface area contributed by atoms with Crippen LogP contribution in [0.1, 0.15) is 42.6 Å². The predicted molar refractivity (Wildman–Crippen MR) is 200 cm³/mol. The number of unbranched alkanes of at least 4 members (excludes halogenated alkanes) is 1. The Labute approximate surface area is 291 Å². The first kappa shape index (κ1) is 34.7. The molecule has 0 bridgehead atoms. The van der Waals surface area contributed by atoms with Crippen molar-refractivity contribution in [3.63, 3.8) is 0 Å². The summed E-state index contributed by atoms with van der Waals surface area (Å²) in [4.78, 5) is 40.3. The van der Waals surface area contributed by atoms with Crippen molar-refractivity contribution in [1.29, 1.82) is 0 Å². The summed E-state index contributed by atoms with van der Waals surface area (Å²) in [6, 6.07) is 41.1. The van der Waals surface area contributed by atoms with E-state index in [1.807, 2.05) is 104 Å². The number of hydrogen-bond acceptors (Lipinski definition) is 5. The molecule has 0 aromatic heterocycles. The lowest BCUT2D eigenvalue weighted by Gasteiger charge is -2.14. The van der Waals surface area contributed by atoms with Gasteiger partial charge < -0.3 is 20.7 Å². The first-order valence-corrected chi connectivity index (χ1v) is 17.1. The number of carbonyl (C=O) groups is 3. The molecule has 0 saturated carbocycles. The molecule has 0 radical (unpaired) electrons. The van der Waals surface area contributed by atoms with Gasteiger partial charge in [0, 0.05) is 21.8 Å². The lowest BCUT2D eigenvalue weighted by molar-refractivity contribution is -0.115. The maximum absolute atomic E-state index is 13.5. The van der Waals surface area contributed by atoms with Crippen molar-refractivity contribution in [2.45, 2.75) is 36.8 Å². The van der Waals surface area contributed by atoms with E-state index in [0.717, 1.165) is 40.2 Å². The summed E-state index contributed by atoms with van der Waals surface area (Å²) in [6.45, 7) is 4.63. The van der Waals surface area contributed by atoms with Gasteiger partial charge in [-0.1, -0.05) is 86.1 Å². The minimum Gasteiger partial charge on any atom is -0.494 e. The second-order valence-corrected chi connectivity index (χ2v) is 12.7. The fourth-order valence-corrected chi connectivity index (χ4v) is 5.66. The van der Waals surface area contributed by atoms with E-state index in [9.17, 15) is 14.4 Å². The molecule has 0 saturated heterocycles. The van der Waals surface area contributed by atoms with Gasteiger partial charge >= 0.3 is 0 Å². The van der Waals surface area contributed by atoms with Gasteiger partial charge in [0.1, 0.15) is 11.4 Å². The highest BCUT2D eigenvalue weighted by Gasteiger charge is 2.17. The molecule has 3 amide bonds. The van der Waals surface area contributed by atoms with E-state index in [-0.39, 0.29) is 16.9 Å². The Morgan fingerprint density at radius 3 is 1.96 bits per heavy atom. The molecule has 0 fully saturated rings. The first-order chi connectivity index (χ1) is 23.9. The second-order valence-electron chi connectivity index (χ2n) is 11.3. The Morgan fingerprint density at radius 1 is 0.714 bits per heavy atom. The Morgan fingerprint density at radius 2 is 1.31 bits per heavy atom. The molecule has 0 aliphatic heterocycles. The van der Waals surface area contributed by atoms with Crippen molar-refractivity contribution in [1.82, 2.24) is 5.32 Å². The molecule has 248 valence electrons. The smallest absolute Gasteiger partial charge is 0.272 e. The van der Waals surface area contributed by atoms with E-state index in [2.05, 4.69) is 22.9 Å². The summed E-state index contributed by atoms with van der Waals surface area (Å²) >= 11 is 1.41. The number of anilines is 2. The van der Waals surface area contributed by atoms with Gasteiger partial charge in [0.15, 0.2) is 0 Å². The van der Waals surface area contributed by atoms with Crippen molar-refractivity contribution in [3.05, 3.63) is 150 Å². The number of thioether (sulfide) groups is 1. The number of ether oxygens (including phenoxy) is 1. The monoisotopic (exact) mass is 669 g/mol. The largest absolute Gasteiger partial charge is 0.494 e. The van der Waals surface area contributed by atoms with Crippen molar-refractivity contribution >= 4 is 46.9 Å². The Bertz CT molecular complexity index is 1860. The van der Waals surface area contributed by atoms with Crippen LogP contribution < -0.4 is 20.7 Å². The Kier molecular flexibility index (Phi) is 12.4. The molecule has 0 heterocycles. The summed E-state index contributed by atoms with van der Waals surface area (Å²) < 4.78 is 5.69. The minimum atomic E-state index is -0.466. The van der Waals surface area contributed by atoms with Gasteiger partial charge in [-0.25, -0.2) is 0 Å². The van der Waals surface area contributed by atoms with Crippen LogP contribution >= 0.6 is 11.8 Å². The molecule has 49 heavy (non-hydrogen) atoms. The highest BCUT2D eigenvalue weighted by Crippen LogP contribution is 2.27. The van der Waals surface area contributed by atoms with Gasteiger partial charge in [0.2, 0.25) is 5.91 Å². The van der Waals surface area contributed by atoms with Gasteiger partial charge in [-0.2, -0.15) is 0 Å². The minimum absolute atomic E-state index is 0.102. The molecule has 3 N–H and O–H groups in total. The Hall–Kier alpha value is -5.60. The van der Waals surface area contributed by atoms with E-state index >= 15 is 0 Å². The van der Waals surface area contributed by atoms with E-state index < -0.39 is 11.8 Å². The lowest BCUT2D eigenvalue weighted by atomic mass is 10.0. The standard InChI is InChI=1S/C41H39N3O4S/c1-3-4-27-48-36-23-19-34(20-24-36)42-39(45)29(2)49-37-25-21-35(22-26-37)43-41(47)38(44-40(46)33-13-9-6-10-14-33)28-30-15-17-32(18-16-30)31-11-7-5-8-12-31/h5-26,28-29H,3-4,27H2,1-2H3,(H,42,45)(H,43,47)(H,44,46)/b38-28-. The van der Waals surface area contributed by atoms with Crippen LogP contribution in [-0.4, -0.2) is 29.6 Å². The fraction of sp³-hybridized carbons (Fsp3) is 0.146. The van der Waals surface area contributed by atoms with Crippen LogP contribution in [-0.2, 0) is 9.59 Å². The molecule has 0 spiro atoms. The summed E-state index contributed by atoms with van der Waals surface area (Å²) in [7, 11) is 0. The zero-order valence-corrected chi connectivity index (χ0v) is 28.3. The maximum atomic E-state index is 13.5. The van der Waals surface area contributed by atoms with E-state index in [0.29, 0.717) is 23.5 Å². The summed E-state index contributed by atoms with van der Waals surface area (Å²) in [5.74, 6) is -0.202. The average molecular weight is 670 g/mol. The molecular weight excluding hydrogens is 631 g/mol. The summed E-state index contributed by atoms with van der Waals surface area (Å²) in [5.41, 5.74) is 4.68. The molecule has 8 heteroatoms. The maximum Gasteiger partial charge on any atom is 0.272 e. The number of rotatable bonds is 14. The summed E-state index contributed by atoms with van der Waals surface area (Å²) in [6.07, 6.45) is 3.72. The highest BCUT2D eigenvalue weighted by molar-refractivity contribution is 8.00. The van der Waals surface area contributed by atoms with E-state index in [4.69, 9.17) is 4.74 Å². The zero-order valence-electron chi connectivity index (χ0n) is 27.5. The van der Waals surface area contributed by atoms with Gasteiger partial charge in [0.25, 0.3) is 11.8 Å². The van der Waals surface area contributed by atoms with Crippen LogP contribution in [0.25, 0.3) is 17.2 Å². The predicted octanol–water partition coefficient (Wildman–Crippen LogP) is 9.06. The molecular formula is C41H39N3O4S. The number of carbonyl (C=O) groups excluding carboxylic acids is 3. The van der Waals surface area contributed by atoms with Gasteiger partial charge in [-0.3, -0.25) is 14.4 Å². The molecule has 1 atom stereocenters. The topological polar surface area (TPSA) is 96.5 Å². The molecule has 0 aliphatic rings. The molecule has 1 unspecified atom stereocenters. The molecule has 0 aliphatic carbocycles. The number of benzene rings is 5. The molecule has 5 aromatic carbocycles. The Balaban J connectivity index is 1.22. The summed E-state index contributed by atoms with van der Waals surface area (Å²) in [5, 5.41) is 8.27. The SMILES string of the molecule is CCCCOc1ccc(NC(=O)C(C)Sc2ccc(NC(=O)/C(=C/c3ccc(-c4ccccc4)cc3)NC(=O)c3ccccc3)cc2)cc1. The van der Waals surface area contributed by atoms with Crippen LogP contribution in [0.5, 0.6) is 5.75 Å². The number of hydrogen-bond donors (Lipinski definition) is 3. The first-order valence-electron chi connectivity index (χ1n) is 16.2. The van der Waals surface area contributed by atoms with E-state index in [1.54, 1.807) is 42.5 Å².